The van der Waals surface area contributed by atoms with Crippen LogP contribution in [0.4, 0.5) is 0 Å². The molecule has 0 aliphatic heterocycles. The maximum Gasteiger partial charge on any atom is 0.192 e. The first kappa shape index (κ1) is 19.4. The summed E-state index contributed by atoms with van der Waals surface area (Å²) in [5.41, 5.74) is 1.32. The van der Waals surface area contributed by atoms with Crippen molar-refractivity contribution < 1.29 is 9.22 Å². The summed E-state index contributed by atoms with van der Waals surface area (Å²) < 4.78 is 6.23. The third-order valence-electron chi connectivity index (χ3n) is 5.50. The van der Waals surface area contributed by atoms with Crippen molar-refractivity contribution in [3.63, 3.8) is 0 Å². The van der Waals surface area contributed by atoms with Crippen LogP contribution in [-0.4, -0.2) is 20.7 Å². The molecule has 0 heterocycles. The van der Waals surface area contributed by atoms with Gasteiger partial charge in [0.2, 0.25) is 0 Å². The van der Waals surface area contributed by atoms with Crippen molar-refractivity contribution >= 4 is 14.1 Å². The van der Waals surface area contributed by atoms with Gasteiger partial charge in [0.15, 0.2) is 8.32 Å². The van der Waals surface area contributed by atoms with E-state index in [9.17, 15) is 4.79 Å². The molecule has 0 aromatic heterocycles. The smallest absolute Gasteiger partial charge is 0.192 e. The standard InChI is InChI=1S/C19H34O2Si/c1-8-10-17-16(11-9-12-18(17)20)15(2)13-14-21-22(6,7)19(3,4)5/h8,13,16-17H,1,9-12,14H2,2-7H3/b15-13+/t16-,17-/m0/s1. The van der Waals surface area contributed by atoms with Crippen LogP contribution < -0.4 is 0 Å². The van der Waals surface area contributed by atoms with Crippen LogP contribution in [0.15, 0.2) is 24.3 Å². The highest BCUT2D eigenvalue weighted by atomic mass is 28.4. The molecule has 1 aliphatic carbocycles. The highest BCUT2D eigenvalue weighted by Gasteiger charge is 2.37. The molecule has 1 rings (SSSR count). The van der Waals surface area contributed by atoms with Gasteiger partial charge in [-0.1, -0.05) is 38.5 Å². The Kier molecular flexibility index (Phi) is 6.81. The van der Waals surface area contributed by atoms with Gasteiger partial charge in [0.25, 0.3) is 0 Å². The third-order valence-corrected chi connectivity index (χ3v) is 10.00. The molecule has 0 aromatic carbocycles. The van der Waals surface area contributed by atoms with Crippen molar-refractivity contribution in [1.29, 1.82) is 0 Å². The van der Waals surface area contributed by atoms with Crippen molar-refractivity contribution in [2.24, 2.45) is 11.8 Å². The van der Waals surface area contributed by atoms with Gasteiger partial charge in [0, 0.05) is 12.3 Å². The van der Waals surface area contributed by atoms with E-state index < -0.39 is 8.32 Å². The zero-order chi connectivity index (χ0) is 17.0. The lowest BCUT2D eigenvalue weighted by molar-refractivity contribution is -0.125. The van der Waals surface area contributed by atoms with Gasteiger partial charge in [-0.25, -0.2) is 0 Å². The summed E-state index contributed by atoms with van der Waals surface area (Å²) >= 11 is 0. The van der Waals surface area contributed by atoms with E-state index in [1.807, 2.05) is 6.08 Å². The molecule has 3 heteroatoms. The Bertz CT molecular complexity index is 429. The normalized spacial score (nSPS) is 24.5. The summed E-state index contributed by atoms with van der Waals surface area (Å²) in [5.74, 6) is 0.923. The van der Waals surface area contributed by atoms with Gasteiger partial charge in [0.05, 0.1) is 6.61 Å². The fraction of sp³-hybridized carbons (Fsp3) is 0.737. The Morgan fingerprint density at radius 1 is 1.41 bits per heavy atom. The van der Waals surface area contributed by atoms with Crippen LogP contribution in [0, 0.1) is 11.8 Å². The van der Waals surface area contributed by atoms with Crippen LogP contribution in [-0.2, 0) is 9.22 Å². The van der Waals surface area contributed by atoms with Gasteiger partial charge in [-0.15, -0.1) is 6.58 Å². The molecular weight excluding hydrogens is 288 g/mol. The largest absolute Gasteiger partial charge is 0.413 e. The molecule has 1 fully saturated rings. The van der Waals surface area contributed by atoms with Crippen LogP contribution in [0.25, 0.3) is 0 Å². The maximum absolute atomic E-state index is 12.2. The van der Waals surface area contributed by atoms with Crippen molar-refractivity contribution in [1.82, 2.24) is 0 Å². The fourth-order valence-electron chi connectivity index (χ4n) is 2.88. The molecule has 0 unspecified atom stereocenters. The van der Waals surface area contributed by atoms with E-state index in [-0.39, 0.29) is 11.0 Å². The minimum Gasteiger partial charge on any atom is -0.413 e. The highest BCUT2D eigenvalue weighted by molar-refractivity contribution is 6.74. The number of allylic oxidation sites excluding steroid dienone is 2. The Morgan fingerprint density at radius 3 is 2.59 bits per heavy atom. The molecule has 2 nitrogen and oxygen atoms in total. The molecule has 0 N–H and O–H groups in total. The lowest BCUT2D eigenvalue weighted by Gasteiger charge is -2.36. The van der Waals surface area contributed by atoms with Gasteiger partial charge >= 0.3 is 0 Å². The average molecular weight is 323 g/mol. The molecular formula is C19H34O2Si. The third kappa shape index (κ3) is 4.92. The van der Waals surface area contributed by atoms with Crippen molar-refractivity contribution in [3.8, 4) is 0 Å². The second-order valence-corrected chi connectivity index (χ2v) is 12.9. The van der Waals surface area contributed by atoms with Crippen molar-refractivity contribution in [2.75, 3.05) is 6.61 Å². The number of ketones is 1. The Hall–Kier alpha value is -0.673. The average Bonchev–Trinajstić information content (AvgIpc) is 2.39. The summed E-state index contributed by atoms with van der Waals surface area (Å²) in [6, 6.07) is 0. The van der Waals surface area contributed by atoms with Crippen LogP contribution >= 0.6 is 0 Å². The zero-order valence-electron chi connectivity index (χ0n) is 15.4. The summed E-state index contributed by atoms with van der Waals surface area (Å²) in [6.45, 7) is 18.0. The first-order chi connectivity index (χ1) is 10.1. The van der Waals surface area contributed by atoms with Crippen molar-refractivity contribution in [2.45, 2.75) is 71.5 Å². The topological polar surface area (TPSA) is 26.3 Å². The number of rotatable bonds is 6. The van der Waals surface area contributed by atoms with E-state index in [2.05, 4.69) is 53.4 Å². The number of Topliss-reactive ketones (excluding diaryl/α,β-unsaturated/α-hetero) is 1. The minimum atomic E-state index is -1.69. The summed E-state index contributed by atoms with van der Waals surface area (Å²) in [5, 5.41) is 0.237. The molecule has 0 amide bonds. The van der Waals surface area contributed by atoms with Gasteiger partial charge < -0.3 is 4.43 Å². The predicted octanol–water partition coefficient (Wildman–Crippen LogP) is 5.52. The Balaban J connectivity index is 2.71. The summed E-state index contributed by atoms with van der Waals surface area (Å²) in [4.78, 5) is 12.2. The molecule has 126 valence electrons. The van der Waals surface area contributed by atoms with E-state index >= 15 is 0 Å². The molecule has 1 saturated carbocycles. The van der Waals surface area contributed by atoms with Gasteiger partial charge in [0.1, 0.15) is 5.78 Å². The Labute approximate surface area is 138 Å². The molecule has 0 saturated heterocycles. The van der Waals surface area contributed by atoms with Crippen LogP contribution in [0.2, 0.25) is 18.1 Å². The van der Waals surface area contributed by atoms with Gasteiger partial charge in [-0.05, 0) is 50.2 Å². The second kappa shape index (κ2) is 7.74. The monoisotopic (exact) mass is 322 g/mol. The fourth-order valence-corrected chi connectivity index (χ4v) is 3.81. The van der Waals surface area contributed by atoms with Crippen LogP contribution in [0.5, 0.6) is 0 Å². The summed E-state index contributed by atoms with van der Waals surface area (Å²) in [6.07, 6.45) is 7.78. The molecule has 0 radical (unpaired) electrons. The van der Waals surface area contributed by atoms with E-state index in [0.29, 0.717) is 18.3 Å². The lowest BCUT2D eigenvalue weighted by Crippen LogP contribution is -2.40. The molecule has 0 aromatic rings. The van der Waals surface area contributed by atoms with Crippen LogP contribution in [0.3, 0.4) is 0 Å². The molecule has 1 aliphatic rings. The lowest BCUT2D eigenvalue weighted by atomic mass is 9.73. The van der Waals surface area contributed by atoms with E-state index in [1.54, 1.807) is 0 Å². The van der Waals surface area contributed by atoms with E-state index in [1.165, 1.54) is 5.57 Å². The predicted molar refractivity (Wildman–Crippen MR) is 97.6 cm³/mol. The minimum absolute atomic E-state index is 0.135. The molecule has 0 bridgehead atoms. The van der Waals surface area contributed by atoms with Gasteiger partial charge in [-0.2, -0.15) is 0 Å². The number of hydrogen-bond acceptors (Lipinski definition) is 2. The second-order valence-electron chi connectivity index (χ2n) is 8.12. The Morgan fingerprint density at radius 2 is 2.05 bits per heavy atom. The number of carbonyl (C=O) groups excluding carboxylic acids is 1. The van der Waals surface area contributed by atoms with Crippen LogP contribution in [0.1, 0.15) is 53.4 Å². The van der Waals surface area contributed by atoms with E-state index in [4.69, 9.17) is 4.43 Å². The SMILES string of the molecule is C=CC[C@@H]1C(=O)CCC[C@H]1/C(C)=C/CO[Si](C)(C)C(C)(C)C. The highest BCUT2D eigenvalue weighted by Crippen LogP contribution is 2.37. The summed E-state index contributed by atoms with van der Waals surface area (Å²) in [7, 11) is -1.69. The number of hydrogen-bond donors (Lipinski definition) is 0. The molecule has 22 heavy (non-hydrogen) atoms. The maximum atomic E-state index is 12.2. The first-order valence-electron chi connectivity index (χ1n) is 8.54. The molecule has 2 atom stereocenters. The van der Waals surface area contributed by atoms with E-state index in [0.717, 1.165) is 25.7 Å². The first-order valence-corrected chi connectivity index (χ1v) is 11.4. The quantitative estimate of drug-likeness (QED) is 0.475. The zero-order valence-corrected chi connectivity index (χ0v) is 16.4. The van der Waals surface area contributed by atoms with Gasteiger partial charge in [-0.3, -0.25) is 4.79 Å². The number of carbonyl (C=O) groups is 1. The van der Waals surface area contributed by atoms with Crippen molar-refractivity contribution in [3.05, 3.63) is 24.3 Å². The molecule has 0 spiro atoms.